The molecule has 2 aromatic carbocycles. The van der Waals surface area contributed by atoms with Gasteiger partial charge in [-0.2, -0.15) is 13.2 Å². The van der Waals surface area contributed by atoms with Crippen LogP contribution in [0.15, 0.2) is 42.5 Å². The average Bonchev–Trinajstić information content (AvgIpc) is 2.42. The van der Waals surface area contributed by atoms with Crippen LogP contribution in [-0.4, -0.2) is 0 Å². The van der Waals surface area contributed by atoms with Crippen molar-refractivity contribution in [1.29, 1.82) is 0 Å². The second-order valence-corrected chi connectivity index (χ2v) is 5.47. The maximum absolute atomic E-state index is 12.5. The van der Waals surface area contributed by atoms with Crippen molar-refractivity contribution >= 4 is 0 Å². The zero-order valence-electron chi connectivity index (χ0n) is 12.3. The molecule has 0 atom stereocenters. The van der Waals surface area contributed by atoms with Gasteiger partial charge in [-0.1, -0.05) is 30.3 Å². The monoisotopic (exact) mass is 292 g/mol. The highest BCUT2D eigenvalue weighted by atomic mass is 19.4. The van der Waals surface area contributed by atoms with Crippen LogP contribution in [0, 0.1) is 13.8 Å². The molecule has 0 nitrogen and oxygen atoms in total. The summed E-state index contributed by atoms with van der Waals surface area (Å²) in [5.41, 5.74) is 4.21. The van der Waals surface area contributed by atoms with Gasteiger partial charge in [0.1, 0.15) is 0 Å². The molecule has 0 saturated heterocycles. The molecule has 112 valence electrons. The Morgan fingerprint density at radius 1 is 0.762 bits per heavy atom. The van der Waals surface area contributed by atoms with Gasteiger partial charge in [0.2, 0.25) is 0 Å². The molecule has 0 spiro atoms. The SMILES string of the molecule is Cc1ccc(CCCc2ccc(C(F)(F)F)cc2)cc1C. The molecule has 0 bridgehead atoms. The van der Waals surface area contributed by atoms with Crippen LogP contribution in [-0.2, 0) is 19.0 Å². The number of hydrogen-bond acceptors (Lipinski definition) is 0. The number of halogens is 3. The van der Waals surface area contributed by atoms with Crippen LogP contribution in [0.2, 0.25) is 0 Å². The van der Waals surface area contributed by atoms with E-state index in [1.165, 1.54) is 16.7 Å². The summed E-state index contributed by atoms with van der Waals surface area (Å²) >= 11 is 0. The topological polar surface area (TPSA) is 0 Å². The molecule has 0 aromatic heterocycles. The van der Waals surface area contributed by atoms with E-state index >= 15 is 0 Å². The molecule has 0 amide bonds. The normalized spacial score (nSPS) is 11.7. The fourth-order valence-corrected chi connectivity index (χ4v) is 2.32. The molecule has 0 unspecified atom stereocenters. The van der Waals surface area contributed by atoms with E-state index in [9.17, 15) is 13.2 Å². The summed E-state index contributed by atoms with van der Waals surface area (Å²) in [4.78, 5) is 0. The van der Waals surface area contributed by atoms with Crippen LogP contribution >= 0.6 is 0 Å². The van der Waals surface area contributed by atoms with Crippen molar-refractivity contribution in [3.8, 4) is 0 Å². The Labute approximate surface area is 123 Å². The summed E-state index contributed by atoms with van der Waals surface area (Å²) in [7, 11) is 0. The summed E-state index contributed by atoms with van der Waals surface area (Å²) in [6, 6.07) is 11.9. The first-order valence-electron chi connectivity index (χ1n) is 7.08. The second-order valence-electron chi connectivity index (χ2n) is 5.47. The maximum Gasteiger partial charge on any atom is 0.416 e. The zero-order chi connectivity index (χ0) is 15.5. The van der Waals surface area contributed by atoms with Crippen LogP contribution in [0.5, 0.6) is 0 Å². The minimum atomic E-state index is -4.25. The van der Waals surface area contributed by atoms with Crippen molar-refractivity contribution < 1.29 is 13.2 Å². The van der Waals surface area contributed by atoms with E-state index in [1.54, 1.807) is 12.1 Å². The van der Waals surface area contributed by atoms with Gasteiger partial charge in [0.05, 0.1) is 5.56 Å². The lowest BCUT2D eigenvalue weighted by Crippen LogP contribution is -2.04. The summed E-state index contributed by atoms with van der Waals surface area (Å²) < 4.78 is 37.4. The predicted molar refractivity (Wildman–Crippen MR) is 79.4 cm³/mol. The van der Waals surface area contributed by atoms with Gasteiger partial charge in [-0.3, -0.25) is 0 Å². The van der Waals surface area contributed by atoms with Crippen LogP contribution in [0.1, 0.15) is 34.2 Å². The first-order chi connectivity index (χ1) is 9.86. The maximum atomic E-state index is 12.5. The number of benzene rings is 2. The van der Waals surface area contributed by atoms with Gasteiger partial charge in [0, 0.05) is 0 Å². The molecule has 0 radical (unpaired) electrons. The highest BCUT2D eigenvalue weighted by Crippen LogP contribution is 2.29. The van der Waals surface area contributed by atoms with E-state index in [1.807, 2.05) is 0 Å². The molecule has 0 heterocycles. The standard InChI is InChI=1S/C18H19F3/c1-13-6-7-16(12-14(13)2)5-3-4-15-8-10-17(11-9-15)18(19,20)21/h6-12H,3-5H2,1-2H3. The fourth-order valence-electron chi connectivity index (χ4n) is 2.32. The number of aryl methyl sites for hydroxylation is 4. The van der Waals surface area contributed by atoms with Crippen molar-refractivity contribution in [3.63, 3.8) is 0 Å². The van der Waals surface area contributed by atoms with Gasteiger partial charge < -0.3 is 0 Å². The molecule has 2 aromatic rings. The third-order valence-electron chi connectivity index (χ3n) is 3.78. The van der Waals surface area contributed by atoms with Gasteiger partial charge in [0.25, 0.3) is 0 Å². The quantitative estimate of drug-likeness (QED) is 0.698. The minimum absolute atomic E-state index is 0.583. The lowest BCUT2D eigenvalue weighted by atomic mass is 10.00. The van der Waals surface area contributed by atoms with Crippen molar-refractivity contribution in [1.82, 2.24) is 0 Å². The van der Waals surface area contributed by atoms with Crippen molar-refractivity contribution in [2.24, 2.45) is 0 Å². The number of rotatable bonds is 4. The highest BCUT2D eigenvalue weighted by Gasteiger charge is 2.29. The second kappa shape index (κ2) is 6.33. The van der Waals surface area contributed by atoms with Crippen molar-refractivity contribution in [2.75, 3.05) is 0 Å². The van der Waals surface area contributed by atoms with Crippen LogP contribution in [0.3, 0.4) is 0 Å². The molecule has 3 heteroatoms. The Morgan fingerprint density at radius 3 is 1.90 bits per heavy atom. The fraction of sp³-hybridized carbons (Fsp3) is 0.333. The van der Waals surface area contributed by atoms with Crippen LogP contribution in [0.25, 0.3) is 0 Å². The molecule has 0 fully saturated rings. The lowest BCUT2D eigenvalue weighted by molar-refractivity contribution is -0.137. The third-order valence-corrected chi connectivity index (χ3v) is 3.78. The average molecular weight is 292 g/mol. The van der Waals surface area contributed by atoms with Crippen LogP contribution in [0.4, 0.5) is 13.2 Å². The van der Waals surface area contributed by atoms with Gasteiger partial charge in [-0.15, -0.1) is 0 Å². The van der Waals surface area contributed by atoms with Crippen LogP contribution < -0.4 is 0 Å². The third kappa shape index (κ3) is 4.35. The first-order valence-corrected chi connectivity index (χ1v) is 7.08. The van der Waals surface area contributed by atoms with Gasteiger partial charge >= 0.3 is 6.18 Å². The molecule has 0 aliphatic carbocycles. The lowest BCUT2D eigenvalue weighted by Gasteiger charge is -2.08. The smallest absolute Gasteiger partial charge is 0.166 e. The van der Waals surface area contributed by atoms with Gasteiger partial charge in [-0.05, 0) is 67.5 Å². The Balaban J connectivity index is 1.90. The number of alkyl halides is 3. The Hall–Kier alpha value is -1.77. The summed E-state index contributed by atoms with van der Waals surface area (Å²) in [5, 5.41) is 0. The Kier molecular flexibility index (Phi) is 4.71. The highest BCUT2D eigenvalue weighted by molar-refractivity contribution is 5.30. The largest absolute Gasteiger partial charge is 0.416 e. The predicted octanol–water partition coefficient (Wildman–Crippen LogP) is 5.50. The Bertz CT molecular complexity index is 595. The van der Waals surface area contributed by atoms with Crippen molar-refractivity contribution in [3.05, 3.63) is 70.3 Å². The zero-order valence-corrected chi connectivity index (χ0v) is 12.3. The van der Waals surface area contributed by atoms with E-state index in [0.717, 1.165) is 37.0 Å². The summed E-state index contributed by atoms with van der Waals surface area (Å²) in [6.45, 7) is 4.18. The molecule has 21 heavy (non-hydrogen) atoms. The number of hydrogen-bond donors (Lipinski definition) is 0. The first kappa shape index (κ1) is 15.6. The minimum Gasteiger partial charge on any atom is -0.166 e. The molecule has 0 aliphatic rings. The van der Waals surface area contributed by atoms with E-state index < -0.39 is 11.7 Å². The summed E-state index contributed by atoms with van der Waals surface area (Å²) in [5.74, 6) is 0. The van der Waals surface area contributed by atoms with Gasteiger partial charge in [0.15, 0.2) is 0 Å². The van der Waals surface area contributed by atoms with Crippen molar-refractivity contribution in [2.45, 2.75) is 39.3 Å². The molecular formula is C18H19F3. The molecule has 0 N–H and O–H groups in total. The van der Waals surface area contributed by atoms with E-state index in [2.05, 4.69) is 32.0 Å². The summed E-state index contributed by atoms with van der Waals surface area (Å²) in [6.07, 6.45) is -1.57. The molecular weight excluding hydrogens is 273 g/mol. The van der Waals surface area contributed by atoms with E-state index in [0.29, 0.717) is 0 Å². The van der Waals surface area contributed by atoms with E-state index in [-0.39, 0.29) is 0 Å². The molecule has 0 aliphatic heterocycles. The molecule has 2 rings (SSSR count). The van der Waals surface area contributed by atoms with E-state index in [4.69, 9.17) is 0 Å². The Morgan fingerprint density at radius 2 is 1.33 bits per heavy atom. The molecule has 0 saturated carbocycles. The van der Waals surface area contributed by atoms with Gasteiger partial charge in [-0.25, -0.2) is 0 Å².